The Morgan fingerprint density at radius 2 is 1.90 bits per heavy atom. The molecule has 1 fully saturated rings. The zero-order chi connectivity index (χ0) is 20.9. The van der Waals surface area contributed by atoms with Crippen LogP contribution in [0.1, 0.15) is 5.82 Å². The Morgan fingerprint density at radius 3 is 2.60 bits per heavy atom. The molecule has 3 aromatic rings. The number of ether oxygens (including phenoxy) is 2. The number of rotatable bonds is 7. The number of furan rings is 1. The second kappa shape index (κ2) is 8.87. The average molecular weight is 411 g/mol. The van der Waals surface area contributed by atoms with Gasteiger partial charge in [0.1, 0.15) is 17.3 Å². The fraction of sp³-hybridized carbons (Fsp3) is 0.350. The Kier molecular flexibility index (Phi) is 5.84. The van der Waals surface area contributed by atoms with Crippen molar-refractivity contribution < 1.29 is 13.9 Å². The van der Waals surface area contributed by atoms with E-state index in [2.05, 4.69) is 30.1 Å². The molecule has 2 aromatic heterocycles. The topological polar surface area (TPSA) is 115 Å². The van der Waals surface area contributed by atoms with E-state index in [1.165, 1.54) is 0 Å². The van der Waals surface area contributed by atoms with E-state index in [-0.39, 0.29) is 5.95 Å². The maximum Gasteiger partial charge on any atom is 0.232 e. The SMILES string of the molecule is COc1ccc(OC)c(Nc2nc(N)nc(CN3CCN(c4ccco4)CC3)n2)c1. The molecule has 0 spiro atoms. The molecule has 10 nitrogen and oxygen atoms in total. The van der Waals surface area contributed by atoms with Crippen LogP contribution in [0, 0.1) is 0 Å². The molecule has 3 N–H and O–H groups in total. The normalized spacial score (nSPS) is 14.5. The van der Waals surface area contributed by atoms with E-state index in [1.54, 1.807) is 20.5 Å². The number of nitrogen functional groups attached to an aromatic ring is 1. The molecule has 0 aliphatic carbocycles. The molecule has 0 amide bonds. The van der Waals surface area contributed by atoms with Crippen LogP contribution in [0.2, 0.25) is 0 Å². The zero-order valence-corrected chi connectivity index (χ0v) is 17.0. The maximum atomic E-state index is 5.93. The molecule has 0 bridgehead atoms. The third-order valence-corrected chi connectivity index (χ3v) is 4.91. The lowest BCUT2D eigenvalue weighted by molar-refractivity contribution is 0.240. The molecule has 0 unspecified atom stereocenters. The molecule has 1 aliphatic rings. The lowest BCUT2D eigenvalue weighted by atomic mass is 10.2. The van der Waals surface area contributed by atoms with Gasteiger partial charge in [-0.3, -0.25) is 4.90 Å². The second-order valence-corrected chi connectivity index (χ2v) is 6.84. The summed E-state index contributed by atoms with van der Waals surface area (Å²) in [4.78, 5) is 17.6. The standard InChI is InChI=1S/C20H25N7O3/c1-28-14-5-6-16(29-2)15(12-14)22-20-24-17(23-19(21)25-20)13-26-7-9-27(10-8-26)18-4-3-11-30-18/h3-6,11-12H,7-10,13H2,1-2H3,(H3,21,22,23,24,25). The summed E-state index contributed by atoms with van der Waals surface area (Å²) in [6, 6.07) is 9.32. The third-order valence-electron chi connectivity index (χ3n) is 4.91. The Hall–Kier alpha value is -3.53. The van der Waals surface area contributed by atoms with Crippen LogP contribution in [0.15, 0.2) is 41.0 Å². The van der Waals surface area contributed by atoms with E-state index in [9.17, 15) is 0 Å². The van der Waals surface area contributed by atoms with Crippen molar-refractivity contribution in [2.45, 2.75) is 6.54 Å². The highest BCUT2D eigenvalue weighted by Gasteiger charge is 2.20. The molecule has 1 aromatic carbocycles. The van der Waals surface area contributed by atoms with Crippen LogP contribution < -0.4 is 25.4 Å². The van der Waals surface area contributed by atoms with Gasteiger partial charge in [0.25, 0.3) is 0 Å². The fourth-order valence-electron chi connectivity index (χ4n) is 3.37. The predicted octanol–water partition coefficient (Wildman–Crippen LogP) is 2.13. The average Bonchev–Trinajstić information content (AvgIpc) is 3.29. The van der Waals surface area contributed by atoms with Gasteiger partial charge in [-0.2, -0.15) is 15.0 Å². The minimum absolute atomic E-state index is 0.165. The number of hydrogen-bond donors (Lipinski definition) is 2. The zero-order valence-electron chi connectivity index (χ0n) is 17.0. The van der Waals surface area contributed by atoms with E-state index < -0.39 is 0 Å². The quantitative estimate of drug-likeness (QED) is 0.599. The molecular formula is C20H25N7O3. The first-order valence-corrected chi connectivity index (χ1v) is 9.65. The molecule has 30 heavy (non-hydrogen) atoms. The van der Waals surface area contributed by atoms with Gasteiger partial charge in [-0.15, -0.1) is 0 Å². The van der Waals surface area contributed by atoms with E-state index in [4.69, 9.17) is 19.6 Å². The Labute approximate surface area is 174 Å². The Morgan fingerprint density at radius 1 is 1.07 bits per heavy atom. The van der Waals surface area contributed by atoms with Gasteiger partial charge in [-0.1, -0.05) is 0 Å². The summed E-state index contributed by atoms with van der Waals surface area (Å²) < 4.78 is 16.2. The van der Waals surface area contributed by atoms with Crippen LogP contribution in [-0.4, -0.2) is 60.3 Å². The highest BCUT2D eigenvalue weighted by Crippen LogP contribution is 2.30. The van der Waals surface area contributed by atoms with Crippen LogP contribution in [0.4, 0.5) is 23.5 Å². The van der Waals surface area contributed by atoms with Gasteiger partial charge in [0.15, 0.2) is 5.88 Å². The number of aromatic nitrogens is 3. The van der Waals surface area contributed by atoms with Gasteiger partial charge < -0.3 is 29.8 Å². The van der Waals surface area contributed by atoms with E-state index >= 15 is 0 Å². The smallest absolute Gasteiger partial charge is 0.232 e. The summed E-state index contributed by atoms with van der Waals surface area (Å²) in [7, 11) is 3.21. The number of nitrogens with two attached hydrogens (primary N) is 1. The molecule has 0 atom stereocenters. The lowest BCUT2D eigenvalue weighted by Gasteiger charge is -2.34. The number of benzene rings is 1. The highest BCUT2D eigenvalue weighted by molar-refractivity contribution is 5.65. The largest absolute Gasteiger partial charge is 0.497 e. The number of methoxy groups -OCH3 is 2. The van der Waals surface area contributed by atoms with Crippen molar-refractivity contribution in [1.29, 1.82) is 0 Å². The summed E-state index contributed by atoms with van der Waals surface area (Å²) in [5.41, 5.74) is 6.61. The molecule has 4 rings (SSSR count). The van der Waals surface area contributed by atoms with Gasteiger partial charge in [-0.25, -0.2) is 0 Å². The van der Waals surface area contributed by atoms with Gasteiger partial charge >= 0.3 is 0 Å². The van der Waals surface area contributed by atoms with Crippen molar-refractivity contribution in [3.05, 3.63) is 42.4 Å². The van der Waals surface area contributed by atoms with Gasteiger partial charge in [0, 0.05) is 38.3 Å². The molecule has 1 aliphatic heterocycles. The molecular weight excluding hydrogens is 386 g/mol. The third kappa shape index (κ3) is 4.54. The molecule has 0 saturated carbocycles. The van der Waals surface area contributed by atoms with Crippen molar-refractivity contribution in [1.82, 2.24) is 19.9 Å². The molecule has 10 heteroatoms. The molecule has 158 valence electrons. The number of hydrogen-bond acceptors (Lipinski definition) is 10. The van der Waals surface area contributed by atoms with Crippen molar-refractivity contribution in [2.24, 2.45) is 0 Å². The van der Waals surface area contributed by atoms with E-state index in [0.717, 1.165) is 32.1 Å². The van der Waals surface area contributed by atoms with Crippen molar-refractivity contribution >= 4 is 23.5 Å². The van der Waals surface area contributed by atoms with E-state index in [1.807, 2.05) is 30.3 Å². The lowest BCUT2D eigenvalue weighted by Crippen LogP contribution is -2.46. The van der Waals surface area contributed by atoms with Crippen LogP contribution in [0.5, 0.6) is 11.5 Å². The fourth-order valence-corrected chi connectivity index (χ4v) is 3.37. The van der Waals surface area contributed by atoms with Gasteiger partial charge in [-0.05, 0) is 18.2 Å². The van der Waals surface area contributed by atoms with Crippen LogP contribution in [-0.2, 0) is 6.54 Å². The first kappa shape index (κ1) is 19.8. The number of nitrogens with one attached hydrogen (secondary N) is 1. The van der Waals surface area contributed by atoms with Crippen molar-refractivity contribution in [3.63, 3.8) is 0 Å². The molecule has 1 saturated heterocycles. The van der Waals surface area contributed by atoms with Gasteiger partial charge in [0.05, 0.1) is 32.7 Å². The summed E-state index contributed by atoms with van der Waals surface area (Å²) in [5.74, 6) is 3.37. The first-order valence-electron chi connectivity index (χ1n) is 9.65. The van der Waals surface area contributed by atoms with E-state index in [0.29, 0.717) is 35.5 Å². The minimum Gasteiger partial charge on any atom is -0.497 e. The first-order chi connectivity index (χ1) is 14.6. The Balaban J connectivity index is 1.44. The maximum absolute atomic E-state index is 5.93. The summed E-state index contributed by atoms with van der Waals surface area (Å²) in [6.45, 7) is 4.08. The van der Waals surface area contributed by atoms with Crippen molar-refractivity contribution in [3.8, 4) is 11.5 Å². The minimum atomic E-state index is 0.165. The highest BCUT2D eigenvalue weighted by atomic mass is 16.5. The number of anilines is 4. The molecule has 0 radical (unpaired) electrons. The predicted molar refractivity (Wildman–Crippen MR) is 113 cm³/mol. The second-order valence-electron chi connectivity index (χ2n) is 6.84. The van der Waals surface area contributed by atoms with Crippen LogP contribution in [0.3, 0.4) is 0 Å². The summed E-state index contributed by atoms with van der Waals surface area (Å²) in [5, 5.41) is 3.16. The van der Waals surface area contributed by atoms with Crippen molar-refractivity contribution in [2.75, 3.05) is 56.3 Å². The molecule has 3 heterocycles. The monoisotopic (exact) mass is 411 g/mol. The van der Waals surface area contributed by atoms with Crippen LogP contribution in [0.25, 0.3) is 0 Å². The summed E-state index contributed by atoms with van der Waals surface area (Å²) >= 11 is 0. The van der Waals surface area contributed by atoms with Gasteiger partial charge in [0.2, 0.25) is 11.9 Å². The number of piperazine rings is 1. The summed E-state index contributed by atoms with van der Waals surface area (Å²) in [6.07, 6.45) is 1.70. The Bertz CT molecular complexity index is 973. The number of nitrogens with zero attached hydrogens (tertiary/aromatic N) is 5. The van der Waals surface area contributed by atoms with Crippen LogP contribution >= 0.6 is 0 Å².